The van der Waals surface area contributed by atoms with E-state index in [9.17, 15) is 22.6 Å². The maximum absolute atomic E-state index is 16.0. The number of anilines is 2. The van der Waals surface area contributed by atoms with Gasteiger partial charge in [0.1, 0.15) is 11.4 Å². The van der Waals surface area contributed by atoms with Crippen molar-refractivity contribution in [3.63, 3.8) is 0 Å². The quantitative estimate of drug-likeness (QED) is 0.275. The van der Waals surface area contributed by atoms with Crippen molar-refractivity contribution >= 4 is 38.6 Å². The monoisotopic (exact) mass is 488 g/mol. The van der Waals surface area contributed by atoms with E-state index in [1.54, 1.807) is 0 Å². The minimum atomic E-state index is -4.80. The maximum atomic E-state index is 16.0. The van der Waals surface area contributed by atoms with Crippen LogP contribution in [0.3, 0.4) is 0 Å². The molecule has 0 radical (unpaired) electrons. The number of nitrogens with one attached hydrogen (secondary N) is 1. The Morgan fingerprint density at radius 3 is 2.52 bits per heavy atom. The Morgan fingerprint density at radius 2 is 1.97 bits per heavy atom. The zero-order valence-electron chi connectivity index (χ0n) is 17.5. The summed E-state index contributed by atoms with van der Waals surface area (Å²) in [6, 6.07) is -0.628. The number of nitrogens with zero attached hydrogens (tertiary/aromatic N) is 2. The van der Waals surface area contributed by atoms with Crippen LogP contribution in [-0.2, 0) is 15.9 Å². The number of carboxylic acid groups (broad SMARTS) is 1. The van der Waals surface area contributed by atoms with Gasteiger partial charge in [-0.1, -0.05) is 0 Å². The van der Waals surface area contributed by atoms with Gasteiger partial charge in [0.15, 0.2) is 11.6 Å². The molecular formula is C19H22F2N4O7S. The number of carbonyl (C=O) groups is 1. The number of hydrogen-bond acceptors (Lipinski definition) is 8. The highest BCUT2D eigenvalue weighted by molar-refractivity contribution is 7.85. The second kappa shape index (κ2) is 8.11. The van der Waals surface area contributed by atoms with Gasteiger partial charge in [-0.2, -0.15) is 8.42 Å². The Labute approximate surface area is 186 Å². The van der Waals surface area contributed by atoms with Crippen molar-refractivity contribution in [1.29, 1.82) is 0 Å². The fraction of sp³-hybridized carbons (Fsp3) is 0.474. The topological polar surface area (TPSA) is 164 Å². The van der Waals surface area contributed by atoms with Crippen molar-refractivity contribution in [2.24, 2.45) is 0 Å². The first kappa shape index (κ1) is 23.2. The SMILES string of the molecule is CC1CN(c2c(F)c(N)c3c(=O)c(OC(=O)O)c(CS(=O)(=O)O)n(C4CC4)c3c2F)CCN1. The third kappa shape index (κ3) is 4.20. The Kier molecular flexibility index (Phi) is 5.70. The molecular weight excluding hydrogens is 466 g/mol. The molecule has 2 heterocycles. The number of aromatic nitrogens is 1. The largest absolute Gasteiger partial charge is 0.511 e. The molecule has 1 unspecified atom stereocenters. The summed E-state index contributed by atoms with van der Waals surface area (Å²) in [6.07, 6.45) is -1.06. The molecule has 2 aliphatic rings. The van der Waals surface area contributed by atoms with Crippen molar-refractivity contribution in [1.82, 2.24) is 9.88 Å². The number of benzene rings is 1. The number of hydrogen-bond donors (Lipinski definition) is 4. The summed E-state index contributed by atoms with van der Waals surface area (Å²) in [5.74, 6) is -4.51. The van der Waals surface area contributed by atoms with Crippen LogP contribution in [0.2, 0.25) is 0 Å². The van der Waals surface area contributed by atoms with Crippen LogP contribution in [0.15, 0.2) is 4.79 Å². The van der Waals surface area contributed by atoms with Crippen LogP contribution in [0.4, 0.5) is 25.0 Å². The van der Waals surface area contributed by atoms with Crippen molar-refractivity contribution in [2.75, 3.05) is 30.3 Å². The lowest BCUT2D eigenvalue weighted by Gasteiger charge is -2.34. The number of fused-ring (bicyclic) bond motifs is 1. The van der Waals surface area contributed by atoms with E-state index in [1.807, 2.05) is 6.92 Å². The molecule has 0 spiro atoms. The number of nitrogen functional groups attached to an aromatic ring is 1. The second-order valence-electron chi connectivity index (χ2n) is 8.22. The lowest BCUT2D eigenvalue weighted by Crippen LogP contribution is -2.50. The summed E-state index contributed by atoms with van der Waals surface area (Å²) >= 11 is 0. The van der Waals surface area contributed by atoms with Gasteiger partial charge in [0.05, 0.1) is 22.3 Å². The Balaban J connectivity index is 2.14. The van der Waals surface area contributed by atoms with Gasteiger partial charge in [0.2, 0.25) is 11.2 Å². The Bertz CT molecular complexity index is 1320. The third-order valence-electron chi connectivity index (χ3n) is 5.70. The van der Waals surface area contributed by atoms with Crippen molar-refractivity contribution in [3.8, 4) is 5.75 Å². The lowest BCUT2D eigenvalue weighted by molar-refractivity contribution is 0.143. The van der Waals surface area contributed by atoms with Crippen LogP contribution in [0.25, 0.3) is 10.9 Å². The predicted molar refractivity (Wildman–Crippen MR) is 114 cm³/mol. The molecule has 2 aromatic rings. The number of piperazine rings is 1. The molecule has 5 N–H and O–H groups in total. The summed E-state index contributed by atoms with van der Waals surface area (Å²) in [4.78, 5) is 25.8. The van der Waals surface area contributed by atoms with Crippen LogP contribution < -0.4 is 26.1 Å². The van der Waals surface area contributed by atoms with E-state index in [1.165, 1.54) is 4.90 Å². The molecule has 14 heteroatoms. The molecule has 180 valence electrons. The first-order chi connectivity index (χ1) is 15.4. The molecule has 1 aromatic heterocycles. The minimum absolute atomic E-state index is 0.0958. The highest BCUT2D eigenvalue weighted by atomic mass is 32.2. The van der Waals surface area contributed by atoms with Crippen molar-refractivity contribution in [3.05, 3.63) is 27.6 Å². The minimum Gasteiger partial charge on any atom is -0.449 e. The summed E-state index contributed by atoms with van der Waals surface area (Å²) in [6.45, 7) is 2.75. The number of rotatable bonds is 5. The normalized spacial score (nSPS) is 19.2. The summed E-state index contributed by atoms with van der Waals surface area (Å²) in [5.41, 5.74) is 2.45. The molecule has 4 rings (SSSR count). The highest BCUT2D eigenvalue weighted by Gasteiger charge is 2.37. The fourth-order valence-electron chi connectivity index (χ4n) is 4.28. The fourth-order valence-corrected chi connectivity index (χ4v) is 4.89. The van der Waals surface area contributed by atoms with Crippen molar-refractivity contribution in [2.45, 2.75) is 37.6 Å². The van der Waals surface area contributed by atoms with Gasteiger partial charge in [-0.25, -0.2) is 13.6 Å². The van der Waals surface area contributed by atoms with E-state index >= 15 is 8.78 Å². The number of nitrogens with two attached hydrogens (primary N) is 1. The molecule has 1 aliphatic heterocycles. The maximum Gasteiger partial charge on any atom is 0.511 e. The van der Waals surface area contributed by atoms with E-state index < -0.39 is 78.9 Å². The summed E-state index contributed by atoms with van der Waals surface area (Å²) < 4.78 is 69.7. The van der Waals surface area contributed by atoms with Crippen LogP contribution in [0, 0.1) is 11.6 Å². The van der Waals surface area contributed by atoms with E-state index in [2.05, 4.69) is 10.1 Å². The molecule has 1 aliphatic carbocycles. The Hall–Kier alpha value is -2.97. The molecule has 1 atom stereocenters. The average Bonchev–Trinajstić information content (AvgIpc) is 3.53. The zero-order chi connectivity index (χ0) is 24.2. The first-order valence-electron chi connectivity index (χ1n) is 10.1. The third-order valence-corrected chi connectivity index (χ3v) is 6.34. The van der Waals surface area contributed by atoms with E-state index in [0.29, 0.717) is 19.4 Å². The standard InChI is InChI=1S/C19H22F2N4O7S/c1-8-6-24(5-4-23-8)16-12(20)14(22)11-15(13(16)21)25(9-2-3-9)10(7-33(29,30)31)18(17(11)26)32-19(27)28/h8-9,23H,2-7,22H2,1H3,(H,27,28)(H,29,30,31). The molecule has 0 bridgehead atoms. The zero-order valence-corrected chi connectivity index (χ0v) is 18.3. The van der Waals surface area contributed by atoms with Gasteiger partial charge in [-0.05, 0) is 19.8 Å². The van der Waals surface area contributed by atoms with Crippen LogP contribution >= 0.6 is 0 Å². The predicted octanol–water partition coefficient (Wildman–Crippen LogP) is 1.44. The van der Waals surface area contributed by atoms with E-state index in [0.717, 1.165) is 4.57 Å². The number of ether oxygens (including phenoxy) is 1. The highest BCUT2D eigenvalue weighted by Crippen LogP contribution is 2.44. The molecule has 1 aromatic carbocycles. The number of halogens is 2. The van der Waals surface area contributed by atoms with Gasteiger partial charge in [0, 0.05) is 31.7 Å². The van der Waals surface area contributed by atoms with Crippen LogP contribution in [0.5, 0.6) is 5.75 Å². The smallest absolute Gasteiger partial charge is 0.449 e. The van der Waals surface area contributed by atoms with Gasteiger partial charge >= 0.3 is 6.16 Å². The molecule has 11 nitrogen and oxygen atoms in total. The lowest BCUT2D eigenvalue weighted by atomic mass is 10.1. The number of pyridine rings is 1. The van der Waals surface area contributed by atoms with Crippen LogP contribution in [-0.4, -0.2) is 54.5 Å². The first-order valence-corrected chi connectivity index (χ1v) is 11.7. The molecule has 1 saturated carbocycles. The van der Waals surface area contributed by atoms with Gasteiger partial charge in [-0.15, -0.1) is 0 Å². The van der Waals surface area contributed by atoms with Gasteiger partial charge in [0.25, 0.3) is 10.1 Å². The van der Waals surface area contributed by atoms with Crippen LogP contribution in [0.1, 0.15) is 31.5 Å². The van der Waals surface area contributed by atoms with Gasteiger partial charge < -0.3 is 30.4 Å². The van der Waals surface area contributed by atoms with E-state index in [4.69, 9.17) is 10.8 Å². The molecule has 33 heavy (non-hydrogen) atoms. The second-order valence-corrected chi connectivity index (χ2v) is 9.67. The Morgan fingerprint density at radius 1 is 1.30 bits per heavy atom. The molecule has 0 amide bonds. The molecule has 2 fully saturated rings. The average molecular weight is 488 g/mol. The summed E-state index contributed by atoms with van der Waals surface area (Å²) in [7, 11) is -4.80. The van der Waals surface area contributed by atoms with E-state index in [-0.39, 0.29) is 19.1 Å². The summed E-state index contributed by atoms with van der Waals surface area (Å²) in [5, 5.41) is 11.6. The van der Waals surface area contributed by atoms with Crippen molar-refractivity contribution < 1.29 is 36.4 Å². The molecule has 1 saturated heterocycles. The van der Waals surface area contributed by atoms with Gasteiger partial charge in [-0.3, -0.25) is 9.35 Å².